The number of carbonyl (C=O) groups is 9. The number of hydrogen-bond acceptors (Lipinski definition) is 18. The summed E-state index contributed by atoms with van der Waals surface area (Å²) < 4.78 is -3.16. The number of phenols is 3. The average molecular weight is 1100 g/mol. The van der Waals surface area contributed by atoms with E-state index in [0.717, 1.165) is 40.2 Å². The molecule has 2 unspecified atom stereocenters. The summed E-state index contributed by atoms with van der Waals surface area (Å²) in [5.74, 6) is -10.2. The number of thioether (sulfide) groups is 3. The van der Waals surface area contributed by atoms with Gasteiger partial charge in [-0.1, -0.05) is 36.4 Å². The lowest BCUT2D eigenvalue weighted by Crippen LogP contribution is -2.71. The van der Waals surface area contributed by atoms with Crippen molar-refractivity contribution in [1.82, 2.24) is 42.1 Å². The zero-order valence-corrected chi connectivity index (χ0v) is 43.4. The first-order valence-corrected chi connectivity index (χ1v) is 25.9. The summed E-state index contributed by atoms with van der Waals surface area (Å²) in [6.45, 7) is 9.66. The molecule has 0 radical (unpaired) electrons. The molecule has 12 atom stereocenters. The summed E-state index contributed by atoms with van der Waals surface area (Å²) in [5.41, 5.74) is 6.62. The van der Waals surface area contributed by atoms with Gasteiger partial charge in [-0.3, -0.25) is 49.0 Å². The van der Waals surface area contributed by atoms with E-state index < -0.39 is 138 Å². The fraction of sp³-hybridized carbons (Fsp3) is 0.438. The van der Waals surface area contributed by atoms with Gasteiger partial charge in [-0.15, -0.1) is 35.3 Å². The fourth-order valence-corrected chi connectivity index (χ4v) is 13.9. The van der Waals surface area contributed by atoms with E-state index in [1.54, 1.807) is 41.5 Å². The lowest BCUT2D eigenvalue weighted by atomic mass is 9.95. The maximum Gasteiger partial charge on any atom is 0.327 e. The molecule has 15 N–H and O–H groups in total. The van der Waals surface area contributed by atoms with Crippen LogP contribution in [0.1, 0.15) is 76.4 Å². The molecule has 4 saturated heterocycles. The van der Waals surface area contributed by atoms with Crippen molar-refractivity contribution in [2.45, 2.75) is 126 Å². The number of benzene rings is 3. The summed E-state index contributed by atoms with van der Waals surface area (Å²) in [6, 6.07) is 1.99. The summed E-state index contributed by atoms with van der Waals surface area (Å²) in [6.07, 6.45) is 0. The number of nitrogens with zero attached hydrogens (tertiary/aromatic N) is 1. The molecule has 24 nitrogen and oxygen atoms in total. The Balaban J connectivity index is 1.22. The number of nitrogens with one attached hydrogen (secondary N) is 7. The van der Waals surface area contributed by atoms with E-state index in [1.165, 1.54) is 72.8 Å². The van der Waals surface area contributed by atoms with Crippen molar-refractivity contribution in [3.63, 3.8) is 0 Å². The lowest BCUT2D eigenvalue weighted by Gasteiger charge is -2.44. The standard InChI is InChI=1S/C48H57N9O15S3/c1-46(2)31(43(67)68)55-39(73-46)28(52-34(61)25(49)19-7-13-22(58)14-8-19)37(64)50-26(20-9-15-23(59)16-10-20)35(62)53-29(40-56-32(44(69)70)47(3,4)74-40)38(65)51-27(21-11-17-24(60)18-12-21)36(63)54-30-41(66)57-33(45(71)72)48(5,6)75-42(30)57/h7-18,25-33,39-40,42,55-56,58-60H,49H2,1-6H3,(H,50,64)(H,51,65)(H,52,61)(H,53,62)(H,54,63)(H,67,68)(H,69,70)(H,71,72)/t25-,26-,27-,28-,29-,30-,31+,32+,33+,39?,40?,42-/m1/s1. The molecule has 402 valence electrons. The zero-order valence-electron chi connectivity index (χ0n) is 41.0. The summed E-state index contributed by atoms with van der Waals surface area (Å²) in [5, 5.41) is 76.0. The predicted molar refractivity (Wildman–Crippen MR) is 273 cm³/mol. The number of aliphatic carboxylic acids is 3. The van der Waals surface area contributed by atoms with Crippen LogP contribution in [-0.2, 0) is 43.2 Å². The first-order chi connectivity index (χ1) is 35.0. The van der Waals surface area contributed by atoms with Gasteiger partial charge in [0.1, 0.15) is 77.0 Å². The molecule has 0 aliphatic carbocycles. The van der Waals surface area contributed by atoms with Crippen molar-refractivity contribution in [3.8, 4) is 17.2 Å². The Morgan fingerprint density at radius 3 is 1.31 bits per heavy atom. The van der Waals surface area contributed by atoms with Crippen molar-refractivity contribution in [3.05, 3.63) is 89.5 Å². The van der Waals surface area contributed by atoms with Gasteiger partial charge < -0.3 is 67.9 Å². The van der Waals surface area contributed by atoms with Crippen LogP contribution in [-0.4, -0.2) is 156 Å². The first-order valence-electron chi connectivity index (χ1n) is 23.2. The van der Waals surface area contributed by atoms with E-state index in [-0.39, 0.29) is 33.9 Å². The maximum atomic E-state index is 15.0. The molecule has 0 saturated carbocycles. The minimum absolute atomic E-state index is 0.00823. The van der Waals surface area contributed by atoms with Crippen molar-refractivity contribution in [2.75, 3.05) is 0 Å². The molecule has 6 amide bonds. The van der Waals surface area contributed by atoms with Gasteiger partial charge in [-0.25, -0.2) is 4.79 Å². The van der Waals surface area contributed by atoms with E-state index in [0.29, 0.717) is 0 Å². The van der Waals surface area contributed by atoms with E-state index in [2.05, 4.69) is 37.2 Å². The molecule has 4 aliphatic rings. The molecule has 4 fully saturated rings. The Kier molecular flexibility index (Phi) is 16.0. The van der Waals surface area contributed by atoms with Crippen molar-refractivity contribution in [1.29, 1.82) is 0 Å². The van der Waals surface area contributed by atoms with Gasteiger partial charge >= 0.3 is 17.9 Å². The molecule has 4 heterocycles. The van der Waals surface area contributed by atoms with Crippen LogP contribution >= 0.6 is 35.3 Å². The summed E-state index contributed by atoms with van der Waals surface area (Å²) in [4.78, 5) is 125. The van der Waals surface area contributed by atoms with Crippen LogP contribution in [0.5, 0.6) is 17.2 Å². The largest absolute Gasteiger partial charge is 0.508 e. The average Bonchev–Trinajstić information content (AvgIpc) is 3.94. The van der Waals surface area contributed by atoms with Gasteiger partial charge in [0.15, 0.2) is 0 Å². The Labute approximate surface area is 441 Å². The van der Waals surface area contributed by atoms with Gasteiger partial charge in [0.2, 0.25) is 35.4 Å². The van der Waals surface area contributed by atoms with Gasteiger partial charge in [-0.2, -0.15) is 0 Å². The first kappa shape index (κ1) is 56.0. The number of fused-ring (bicyclic) bond motifs is 1. The molecule has 27 heteroatoms. The molecule has 3 aromatic carbocycles. The zero-order chi connectivity index (χ0) is 55.2. The lowest BCUT2D eigenvalue weighted by molar-refractivity contribution is -0.161. The van der Waals surface area contributed by atoms with Gasteiger partial charge in [0.25, 0.3) is 0 Å². The fourth-order valence-electron chi connectivity index (χ4n) is 9.30. The summed E-state index contributed by atoms with van der Waals surface area (Å²) in [7, 11) is 0. The van der Waals surface area contributed by atoms with E-state index in [1.807, 2.05) is 0 Å². The Hall–Kier alpha value is -6.78. The molecule has 3 aromatic rings. The number of amides is 6. The highest BCUT2D eigenvalue weighted by molar-refractivity contribution is 8.02. The Bertz CT molecular complexity index is 2770. The maximum absolute atomic E-state index is 15.0. The Morgan fingerprint density at radius 1 is 0.533 bits per heavy atom. The highest BCUT2D eigenvalue weighted by Gasteiger charge is 2.64. The number of hydrogen-bond donors (Lipinski definition) is 14. The normalized spacial score (nSPS) is 25.9. The third-order valence-corrected chi connectivity index (χ3v) is 17.8. The van der Waals surface area contributed by atoms with Crippen LogP contribution in [0, 0.1) is 0 Å². The topological polar surface area (TPSA) is 388 Å². The van der Waals surface area contributed by atoms with Gasteiger partial charge in [0, 0.05) is 14.2 Å². The second-order valence-corrected chi connectivity index (χ2v) is 25.2. The van der Waals surface area contributed by atoms with Crippen LogP contribution in [0.3, 0.4) is 0 Å². The van der Waals surface area contributed by atoms with Crippen molar-refractivity contribution in [2.24, 2.45) is 5.73 Å². The molecule has 0 aromatic heterocycles. The van der Waals surface area contributed by atoms with Crippen LogP contribution in [0.4, 0.5) is 0 Å². The number of nitrogens with two attached hydrogens (primary N) is 1. The number of carboxylic acid groups (broad SMARTS) is 3. The number of carbonyl (C=O) groups excluding carboxylic acids is 6. The third kappa shape index (κ3) is 11.7. The molecule has 7 rings (SSSR count). The minimum Gasteiger partial charge on any atom is -0.508 e. The molecule has 0 bridgehead atoms. The minimum atomic E-state index is -1.80. The molecule has 4 aliphatic heterocycles. The van der Waals surface area contributed by atoms with Crippen molar-refractivity contribution < 1.29 is 73.8 Å². The third-order valence-electron chi connectivity index (χ3n) is 13.2. The van der Waals surface area contributed by atoms with Crippen LogP contribution in [0.25, 0.3) is 0 Å². The predicted octanol–water partition coefficient (Wildman–Crippen LogP) is -0.0919. The molecule has 0 spiro atoms. The molecular weight excluding hydrogens is 1040 g/mol. The van der Waals surface area contributed by atoms with Crippen LogP contribution in [0.2, 0.25) is 0 Å². The number of phenolic OH excluding ortho intramolecular Hbond substituents is 3. The number of aromatic hydroxyl groups is 3. The highest BCUT2D eigenvalue weighted by Crippen LogP contribution is 2.51. The van der Waals surface area contributed by atoms with E-state index in [9.17, 15) is 73.8 Å². The molecular formula is C48H57N9O15S3. The van der Waals surface area contributed by atoms with Gasteiger partial charge in [0.05, 0.1) is 10.7 Å². The monoisotopic (exact) mass is 1100 g/mol. The van der Waals surface area contributed by atoms with Gasteiger partial charge in [-0.05, 0) is 94.6 Å². The quantitative estimate of drug-likeness (QED) is 0.0740. The van der Waals surface area contributed by atoms with Crippen LogP contribution < -0.4 is 43.0 Å². The SMILES string of the molecule is CC1(C)S[C@@H]2[C@H](NC(=O)[C@H](NC(=O)[C@@H](NC(=O)[C@H](NC(=O)[C@@H](NC(=O)[C@H](N)c3ccc(O)cc3)C3N[C@@H](C(=O)O)C(C)(C)S3)c3ccc(O)cc3)C3N[C@@H](C(=O)O)C(C)(C)S3)c3ccc(O)cc3)C(=O)N2[C@H]1C(=O)O. The second kappa shape index (κ2) is 21.5. The van der Waals surface area contributed by atoms with Crippen molar-refractivity contribution >= 4 is 88.6 Å². The number of rotatable bonds is 18. The Morgan fingerprint density at radius 2 is 0.920 bits per heavy atom. The summed E-state index contributed by atoms with van der Waals surface area (Å²) >= 11 is 3.11. The van der Waals surface area contributed by atoms with E-state index in [4.69, 9.17) is 5.73 Å². The molecule has 75 heavy (non-hydrogen) atoms. The number of carboxylic acids is 3. The second-order valence-electron chi connectivity index (χ2n) is 19.9. The highest BCUT2D eigenvalue weighted by atomic mass is 32.2. The smallest absolute Gasteiger partial charge is 0.327 e. The number of β-lactam (4-membered cyclic amide) rings is 1. The van der Waals surface area contributed by atoms with E-state index >= 15 is 0 Å². The van der Waals surface area contributed by atoms with Crippen LogP contribution in [0.15, 0.2) is 72.8 Å².